The molecule has 18 heavy (non-hydrogen) atoms. The van der Waals surface area contributed by atoms with Crippen LogP contribution in [0.3, 0.4) is 0 Å². The van der Waals surface area contributed by atoms with E-state index in [9.17, 15) is 0 Å². The quantitative estimate of drug-likeness (QED) is 0.827. The molecule has 0 radical (unpaired) electrons. The van der Waals surface area contributed by atoms with Crippen molar-refractivity contribution in [2.45, 2.75) is 38.8 Å². The van der Waals surface area contributed by atoms with E-state index < -0.39 is 0 Å². The lowest BCUT2D eigenvalue weighted by Gasteiger charge is -2.08. The first kappa shape index (κ1) is 11.7. The van der Waals surface area contributed by atoms with Crippen molar-refractivity contribution < 1.29 is 0 Å². The molecular formula is C17H21N. The van der Waals surface area contributed by atoms with E-state index in [-0.39, 0.29) is 0 Å². The van der Waals surface area contributed by atoms with E-state index in [1.807, 2.05) is 0 Å². The molecule has 0 aromatic heterocycles. The summed E-state index contributed by atoms with van der Waals surface area (Å²) in [4.78, 5) is 0. The summed E-state index contributed by atoms with van der Waals surface area (Å²) in [6, 6.07) is 16.0. The van der Waals surface area contributed by atoms with E-state index in [1.165, 1.54) is 35.6 Å². The van der Waals surface area contributed by atoms with Gasteiger partial charge in [-0.3, -0.25) is 0 Å². The maximum absolute atomic E-state index is 3.70. The summed E-state index contributed by atoms with van der Waals surface area (Å²) in [5, 5.41) is 6.43. The zero-order valence-corrected chi connectivity index (χ0v) is 11.0. The van der Waals surface area contributed by atoms with E-state index in [0.29, 0.717) is 0 Å². The molecule has 2 aromatic rings. The van der Waals surface area contributed by atoms with Crippen molar-refractivity contribution >= 4 is 10.8 Å². The standard InChI is InChI=1S/C17H21N/c1-2-6-14-11-17(14)18-12-15-9-5-8-13-7-3-4-10-16(13)15/h3-5,7-10,14,17-18H,2,6,11-12H2,1H3. The van der Waals surface area contributed by atoms with Crippen molar-refractivity contribution in [2.24, 2.45) is 5.92 Å². The molecule has 2 atom stereocenters. The van der Waals surface area contributed by atoms with Crippen molar-refractivity contribution in [1.82, 2.24) is 5.32 Å². The van der Waals surface area contributed by atoms with E-state index in [1.54, 1.807) is 0 Å². The number of hydrogen-bond donors (Lipinski definition) is 1. The van der Waals surface area contributed by atoms with Crippen molar-refractivity contribution in [2.75, 3.05) is 0 Å². The van der Waals surface area contributed by atoms with Crippen LogP contribution < -0.4 is 5.32 Å². The zero-order valence-electron chi connectivity index (χ0n) is 11.0. The van der Waals surface area contributed by atoms with Crippen LogP contribution in [-0.4, -0.2) is 6.04 Å². The average Bonchev–Trinajstić information content (AvgIpc) is 3.15. The van der Waals surface area contributed by atoms with E-state index >= 15 is 0 Å². The molecule has 0 bridgehead atoms. The van der Waals surface area contributed by atoms with Crippen LogP contribution in [0.5, 0.6) is 0 Å². The van der Waals surface area contributed by atoms with Crippen LogP contribution >= 0.6 is 0 Å². The predicted octanol–water partition coefficient (Wildman–Crippen LogP) is 4.12. The van der Waals surface area contributed by atoms with Gasteiger partial charge >= 0.3 is 0 Å². The first-order chi connectivity index (χ1) is 8.88. The molecule has 1 saturated carbocycles. The first-order valence-corrected chi connectivity index (χ1v) is 7.08. The fourth-order valence-corrected chi connectivity index (χ4v) is 2.88. The van der Waals surface area contributed by atoms with Gasteiger partial charge in [0.25, 0.3) is 0 Å². The molecule has 0 amide bonds. The normalized spacial score (nSPS) is 22.3. The van der Waals surface area contributed by atoms with Crippen molar-refractivity contribution in [3.05, 3.63) is 48.0 Å². The number of rotatable bonds is 5. The van der Waals surface area contributed by atoms with Gasteiger partial charge in [-0.05, 0) is 35.1 Å². The van der Waals surface area contributed by atoms with E-state index in [0.717, 1.165) is 18.5 Å². The monoisotopic (exact) mass is 239 g/mol. The van der Waals surface area contributed by atoms with E-state index in [4.69, 9.17) is 0 Å². The molecule has 1 N–H and O–H groups in total. The van der Waals surface area contributed by atoms with Gasteiger partial charge in [-0.25, -0.2) is 0 Å². The Labute approximate surface area is 109 Å². The van der Waals surface area contributed by atoms with Gasteiger partial charge in [-0.2, -0.15) is 0 Å². The topological polar surface area (TPSA) is 12.0 Å². The van der Waals surface area contributed by atoms with Crippen LogP contribution in [0.1, 0.15) is 31.7 Å². The second-order valence-corrected chi connectivity index (χ2v) is 5.41. The minimum absolute atomic E-state index is 0.768. The highest BCUT2D eigenvalue weighted by molar-refractivity contribution is 5.85. The molecule has 1 aliphatic rings. The molecule has 0 saturated heterocycles. The maximum atomic E-state index is 3.70. The third-order valence-corrected chi connectivity index (χ3v) is 4.02. The highest BCUT2D eigenvalue weighted by Gasteiger charge is 2.35. The molecule has 2 aromatic carbocycles. The lowest BCUT2D eigenvalue weighted by Crippen LogP contribution is -2.17. The van der Waals surface area contributed by atoms with Crippen LogP contribution in [0.4, 0.5) is 0 Å². The van der Waals surface area contributed by atoms with Gasteiger partial charge in [0.15, 0.2) is 0 Å². The summed E-state index contributed by atoms with van der Waals surface area (Å²) < 4.78 is 0. The van der Waals surface area contributed by atoms with Crippen molar-refractivity contribution in [3.63, 3.8) is 0 Å². The minimum atomic E-state index is 0.768. The maximum Gasteiger partial charge on any atom is 0.0214 e. The Bertz CT molecular complexity index is 527. The SMILES string of the molecule is CCCC1CC1NCc1cccc2ccccc12. The van der Waals surface area contributed by atoms with Crippen LogP contribution in [0.15, 0.2) is 42.5 Å². The third kappa shape index (κ3) is 2.41. The number of hydrogen-bond acceptors (Lipinski definition) is 1. The molecule has 1 aliphatic carbocycles. The Morgan fingerprint density at radius 1 is 1.11 bits per heavy atom. The average molecular weight is 239 g/mol. The summed E-state index contributed by atoms with van der Waals surface area (Å²) in [5.74, 6) is 0.935. The molecular weight excluding hydrogens is 218 g/mol. The first-order valence-electron chi connectivity index (χ1n) is 7.08. The summed E-state index contributed by atoms with van der Waals surface area (Å²) >= 11 is 0. The molecule has 0 aliphatic heterocycles. The Balaban J connectivity index is 1.68. The van der Waals surface area contributed by atoms with Gasteiger partial charge in [-0.1, -0.05) is 55.8 Å². The Hall–Kier alpha value is -1.34. The Kier molecular flexibility index (Phi) is 3.33. The van der Waals surface area contributed by atoms with Crippen molar-refractivity contribution in [3.8, 4) is 0 Å². The van der Waals surface area contributed by atoms with Crippen LogP contribution in [0, 0.1) is 5.92 Å². The number of nitrogens with one attached hydrogen (secondary N) is 1. The molecule has 0 heterocycles. The van der Waals surface area contributed by atoms with Gasteiger partial charge in [-0.15, -0.1) is 0 Å². The molecule has 1 nitrogen and oxygen atoms in total. The van der Waals surface area contributed by atoms with Crippen molar-refractivity contribution in [1.29, 1.82) is 0 Å². The molecule has 94 valence electrons. The summed E-state index contributed by atoms with van der Waals surface area (Å²) in [5.41, 5.74) is 1.43. The zero-order chi connectivity index (χ0) is 12.4. The largest absolute Gasteiger partial charge is 0.310 e. The van der Waals surface area contributed by atoms with Crippen LogP contribution in [0.2, 0.25) is 0 Å². The number of benzene rings is 2. The molecule has 1 heteroatoms. The third-order valence-electron chi connectivity index (χ3n) is 4.02. The summed E-state index contributed by atoms with van der Waals surface area (Å²) in [6.07, 6.45) is 4.07. The van der Waals surface area contributed by atoms with Crippen LogP contribution in [0.25, 0.3) is 10.8 Å². The Morgan fingerprint density at radius 2 is 1.94 bits per heavy atom. The summed E-state index contributed by atoms with van der Waals surface area (Å²) in [7, 11) is 0. The lowest BCUT2D eigenvalue weighted by molar-refractivity contribution is 0.600. The minimum Gasteiger partial charge on any atom is -0.310 e. The predicted molar refractivity (Wildman–Crippen MR) is 77.6 cm³/mol. The highest BCUT2D eigenvalue weighted by atomic mass is 15.0. The highest BCUT2D eigenvalue weighted by Crippen LogP contribution is 2.34. The van der Waals surface area contributed by atoms with Gasteiger partial charge in [0.2, 0.25) is 0 Å². The van der Waals surface area contributed by atoms with Crippen LogP contribution in [-0.2, 0) is 6.54 Å². The second-order valence-electron chi connectivity index (χ2n) is 5.41. The molecule has 2 unspecified atom stereocenters. The Morgan fingerprint density at radius 3 is 2.83 bits per heavy atom. The summed E-state index contributed by atoms with van der Waals surface area (Å²) in [6.45, 7) is 3.28. The smallest absolute Gasteiger partial charge is 0.0214 e. The number of fused-ring (bicyclic) bond motifs is 1. The van der Waals surface area contributed by atoms with Gasteiger partial charge in [0.05, 0.1) is 0 Å². The molecule has 0 spiro atoms. The second kappa shape index (κ2) is 5.11. The molecule has 3 rings (SSSR count). The fourth-order valence-electron chi connectivity index (χ4n) is 2.88. The molecule has 1 fully saturated rings. The lowest BCUT2D eigenvalue weighted by atomic mass is 10.0. The van der Waals surface area contributed by atoms with Gasteiger partial charge in [0.1, 0.15) is 0 Å². The van der Waals surface area contributed by atoms with E-state index in [2.05, 4.69) is 54.7 Å². The fraction of sp³-hybridized carbons (Fsp3) is 0.412. The van der Waals surface area contributed by atoms with Gasteiger partial charge < -0.3 is 5.32 Å². The van der Waals surface area contributed by atoms with Gasteiger partial charge in [0, 0.05) is 12.6 Å².